The number of hydrogen-bond donors (Lipinski definition) is 4. The van der Waals surface area contributed by atoms with Crippen molar-refractivity contribution in [3.8, 4) is 12.3 Å². The number of carbonyl (C=O) groups excluding carboxylic acids is 8. The molecule has 12 aromatic rings. The van der Waals surface area contributed by atoms with Crippen molar-refractivity contribution < 1.29 is 150 Å². The Morgan fingerprint density at radius 3 is 0.870 bits per heavy atom. The Labute approximate surface area is 764 Å². The zero-order valence-corrected chi connectivity index (χ0v) is 71.5. The lowest BCUT2D eigenvalue weighted by Crippen LogP contribution is -2.40. The lowest BCUT2D eigenvalue weighted by Gasteiger charge is -2.26. The molecule has 8 amide bonds. The van der Waals surface area contributed by atoms with Gasteiger partial charge in [0.25, 0.3) is 23.6 Å². The van der Waals surface area contributed by atoms with Crippen LogP contribution < -0.4 is 40.9 Å². The zero-order valence-electron chi connectivity index (χ0n) is 71.5. The second kappa shape index (κ2) is 39.9. The summed E-state index contributed by atoms with van der Waals surface area (Å²) < 4.78 is 301. The molecule has 4 aliphatic heterocycles. The second-order valence-corrected chi connectivity index (χ2v) is 31.4. The van der Waals surface area contributed by atoms with E-state index >= 15 is 0 Å². The third kappa shape index (κ3) is 23.9. The van der Waals surface area contributed by atoms with Gasteiger partial charge in [0.2, 0.25) is 23.8 Å². The number of terminal acetylenes is 1. The van der Waals surface area contributed by atoms with Gasteiger partial charge in [-0.2, -0.15) is 87.8 Å². The molecule has 4 aromatic heterocycles. The van der Waals surface area contributed by atoms with E-state index < -0.39 is 150 Å². The standard InChI is InChI=1S/C23H22F4N4O3.C22H16F8N4O3.C22H18F6N4O3.C22H17F3N4O3/c1-22(2,24)13-31-18-8-7-16(30-9-4-10-34-21(30)33)12-17(18)28-20(31)29-19(32)14-5-3-6-15(11-14)23(25,26)27;23-20(24,22(28,29)30)11-34-16-6-5-14(33-7-2-8-37-19(33)36)10-15(16)31-18(34)32-17(35)12-3-1-4-13(9-12)21(25,26)27;23-21(24,25)7-9-32-17-6-5-15(31-8-2-10-35-20(31)34)12-16(17)29-19(32)30-18(33)13-3-1-4-14(11-13)22(26,27)28;1-2-9-29-18-8-7-16(28-10-4-11-32-21(28)31)13-17(18)26-20(29)27-19(30)14-5-3-6-15(12-14)22(23,24)25/h3,5-8,11-12H,4,9-10,13H2,1-2H3,(H,28,29,32);1,3-6,9-10H,2,7-8,11H2,(H,31,32,35);1,3-6,11-12H,2,7-10H2,(H,29,30,33);1,3,5-8,12-13H,4,9-11H2,(H,26,27,30). The number of aryl methyl sites for hydroxylation is 1. The third-order valence-corrected chi connectivity index (χ3v) is 20.9. The fourth-order valence-corrected chi connectivity index (χ4v) is 14.4. The first-order chi connectivity index (χ1) is 64.8. The van der Waals surface area contributed by atoms with E-state index in [1.807, 2.05) is 5.32 Å². The van der Waals surface area contributed by atoms with Gasteiger partial charge in [0.1, 0.15) is 5.67 Å². The molecular weight excluding hydrogens is 1880 g/mol. The first-order valence-electron chi connectivity index (χ1n) is 41.2. The molecule has 0 bridgehead atoms. The highest BCUT2D eigenvalue weighted by molar-refractivity contribution is 6.08. The van der Waals surface area contributed by atoms with Crippen molar-refractivity contribution >= 4 is 139 Å². The number of carbonyl (C=O) groups is 8. The summed E-state index contributed by atoms with van der Waals surface area (Å²) in [5, 5.41) is 9.36. The van der Waals surface area contributed by atoms with Crippen LogP contribution in [0, 0.1) is 12.3 Å². The maximum absolute atomic E-state index is 14.6. The molecule has 4 N–H and O–H groups in total. The topological polar surface area (TPSA) is 306 Å². The molecule has 138 heavy (non-hydrogen) atoms. The normalized spacial score (nSPS) is 14.8. The summed E-state index contributed by atoms with van der Waals surface area (Å²) >= 11 is 0. The number of benzene rings is 8. The van der Waals surface area contributed by atoms with E-state index in [-0.39, 0.29) is 95.1 Å². The number of imidazole rings is 4. The van der Waals surface area contributed by atoms with Gasteiger partial charge < -0.3 is 32.6 Å². The summed E-state index contributed by atoms with van der Waals surface area (Å²) in [5.74, 6) is -7.53. The van der Waals surface area contributed by atoms with Crippen molar-refractivity contribution in [2.75, 3.05) is 93.5 Å². The van der Waals surface area contributed by atoms with Crippen molar-refractivity contribution in [1.29, 1.82) is 0 Å². The van der Waals surface area contributed by atoms with Crippen LogP contribution in [0.5, 0.6) is 0 Å². The van der Waals surface area contributed by atoms with E-state index in [0.717, 1.165) is 77.4 Å². The average molecular weight is 1960 g/mol. The summed E-state index contributed by atoms with van der Waals surface area (Å²) in [7, 11) is 0. The molecule has 0 atom stereocenters. The van der Waals surface area contributed by atoms with Crippen molar-refractivity contribution in [3.05, 3.63) is 214 Å². The Morgan fingerprint density at radius 2 is 0.616 bits per heavy atom. The van der Waals surface area contributed by atoms with Crippen molar-refractivity contribution in [3.63, 3.8) is 0 Å². The SMILES string of the molecule is C#CCn1c(NC(=O)c2cccc(C(F)(F)F)c2)nc2cc(N3CCCOC3=O)ccc21.CC(C)(F)Cn1c(NC(=O)c2cccc(C(F)(F)F)c2)nc2cc(N3CCCOC3=O)ccc21.O=C(Nc1nc2cc(N3CCCOC3=O)ccc2n1CC(F)(F)C(F)(F)F)c1cccc(C(F)(F)F)c1.O=C(Nc1nc2cc(N3CCCOC3=O)ccc2n1CCC(F)(F)F)c1cccc(C(F)(F)F)c1. The van der Waals surface area contributed by atoms with Crippen LogP contribution in [0.3, 0.4) is 0 Å². The third-order valence-electron chi connectivity index (χ3n) is 20.9. The van der Waals surface area contributed by atoms with Gasteiger partial charge >= 0.3 is 67.4 Å². The van der Waals surface area contributed by atoms with Crippen LogP contribution in [0.4, 0.5) is 158 Å². The molecular formula is C89H73F21N16O12. The predicted octanol–water partition coefficient (Wildman–Crippen LogP) is 21.1. The summed E-state index contributed by atoms with van der Waals surface area (Å²) in [6.45, 7) is 2.77. The van der Waals surface area contributed by atoms with E-state index in [0.29, 0.717) is 120 Å². The molecule has 8 heterocycles. The average Bonchev–Trinajstić information content (AvgIpc) is 1.64. The van der Waals surface area contributed by atoms with Crippen LogP contribution in [-0.4, -0.2) is 163 Å². The Balaban J connectivity index is 0.000000155. The molecule has 49 heteroatoms. The van der Waals surface area contributed by atoms with Gasteiger partial charge in [-0.15, -0.1) is 6.42 Å². The Bertz CT molecular complexity index is 6690. The number of cyclic esters (lactones) is 4. The van der Waals surface area contributed by atoms with Crippen LogP contribution in [0.2, 0.25) is 0 Å². The number of nitrogens with one attached hydrogen (secondary N) is 4. The molecule has 0 spiro atoms. The fraction of sp³-hybridized carbons (Fsp3) is 0.303. The molecule has 28 nitrogen and oxygen atoms in total. The number of amides is 8. The molecule has 16 rings (SSSR count). The van der Waals surface area contributed by atoms with Crippen molar-refractivity contribution in [2.45, 2.75) is 121 Å². The number of anilines is 8. The molecule has 0 radical (unpaired) electrons. The minimum Gasteiger partial charge on any atom is -0.449 e. The maximum Gasteiger partial charge on any atom is 0.455 e. The molecule has 0 aliphatic carbocycles. The smallest absolute Gasteiger partial charge is 0.449 e. The lowest BCUT2D eigenvalue weighted by atomic mass is 10.1. The summed E-state index contributed by atoms with van der Waals surface area (Å²) in [5.41, 5.74) is -3.43. The molecule has 4 saturated heterocycles. The number of aromatic nitrogens is 8. The Hall–Kier alpha value is -15.3. The molecule has 0 unspecified atom stereocenters. The monoisotopic (exact) mass is 1960 g/mol. The minimum absolute atomic E-state index is 0.0264. The van der Waals surface area contributed by atoms with E-state index in [2.05, 4.69) is 41.8 Å². The summed E-state index contributed by atoms with van der Waals surface area (Å²) in [6.07, 6.45) is -24.7. The molecule has 0 saturated carbocycles. The van der Waals surface area contributed by atoms with Crippen molar-refractivity contribution in [1.82, 2.24) is 38.2 Å². The van der Waals surface area contributed by atoms with Gasteiger partial charge in [0.15, 0.2) is 0 Å². The van der Waals surface area contributed by atoms with Gasteiger partial charge in [0, 0.05) is 77.7 Å². The second-order valence-electron chi connectivity index (χ2n) is 31.4. The molecule has 8 aromatic carbocycles. The predicted molar refractivity (Wildman–Crippen MR) is 455 cm³/mol. The van der Waals surface area contributed by atoms with Gasteiger partial charge in [0.05, 0.1) is 119 Å². The van der Waals surface area contributed by atoms with E-state index in [1.54, 1.807) is 41.0 Å². The fourth-order valence-electron chi connectivity index (χ4n) is 14.4. The number of hydrogen-bond acceptors (Lipinski definition) is 16. The van der Waals surface area contributed by atoms with Crippen LogP contribution in [0.25, 0.3) is 44.1 Å². The highest BCUT2D eigenvalue weighted by Gasteiger charge is 2.58. The first-order valence-corrected chi connectivity index (χ1v) is 41.2. The number of nitrogens with zero attached hydrogens (tertiary/aromatic N) is 12. The number of alkyl halides is 21. The number of halogens is 21. The Kier molecular flexibility index (Phi) is 29.0. The molecule has 4 fully saturated rings. The quantitative estimate of drug-likeness (QED) is 0.0332. The van der Waals surface area contributed by atoms with Crippen LogP contribution >= 0.6 is 0 Å². The minimum atomic E-state index is -5.94. The zero-order chi connectivity index (χ0) is 100. The van der Waals surface area contributed by atoms with Crippen LogP contribution in [0.15, 0.2) is 170 Å². The van der Waals surface area contributed by atoms with Gasteiger partial charge in [-0.1, -0.05) is 30.2 Å². The summed E-state index contributed by atoms with van der Waals surface area (Å²) in [4.78, 5) is 121. The molecule has 4 aliphatic rings. The lowest BCUT2D eigenvalue weighted by molar-refractivity contribution is -0.286. The number of fused-ring (bicyclic) bond motifs is 4. The van der Waals surface area contributed by atoms with Gasteiger partial charge in [-0.05, 0) is 185 Å². The summed E-state index contributed by atoms with van der Waals surface area (Å²) in [6, 6.07) is 32.9. The first kappa shape index (κ1) is 100. The van der Waals surface area contributed by atoms with Crippen LogP contribution in [0.1, 0.15) is 110 Å². The van der Waals surface area contributed by atoms with Crippen LogP contribution in [-0.2, 0) is 69.8 Å². The maximum atomic E-state index is 14.6. The van der Waals surface area contributed by atoms with E-state index in [9.17, 15) is 131 Å². The number of rotatable bonds is 19. The van der Waals surface area contributed by atoms with Gasteiger partial charge in [-0.3, -0.25) is 64.6 Å². The molecule has 728 valence electrons. The highest BCUT2D eigenvalue weighted by Crippen LogP contribution is 2.42. The van der Waals surface area contributed by atoms with Gasteiger partial charge in [-0.25, -0.2) is 43.5 Å². The number of ether oxygens (including phenoxy) is 4. The highest BCUT2D eigenvalue weighted by atomic mass is 19.4. The Morgan fingerprint density at radius 1 is 0.355 bits per heavy atom. The largest absolute Gasteiger partial charge is 0.455 e. The van der Waals surface area contributed by atoms with E-state index in [4.69, 9.17) is 25.4 Å². The van der Waals surface area contributed by atoms with Crippen molar-refractivity contribution in [2.24, 2.45) is 0 Å². The van der Waals surface area contributed by atoms with E-state index in [1.165, 1.54) is 80.5 Å².